The van der Waals surface area contributed by atoms with Crippen molar-refractivity contribution in [1.29, 1.82) is 0 Å². The van der Waals surface area contributed by atoms with E-state index in [-0.39, 0.29) is 40.3 Å². The monoisotopic (exact) mass is 647 g/mol. The van der Waals surface area contributed by atoms with E-state index in [0.29, 0.717) is 0 Å². The Morgan fingerprint density at radius 3 is 2.16 bits per heavy atom. The van der Waals surface area contributed by atoms with Crippen LogP contribution >= 0.6 is 11.3 Å². The third kappa shape index (κ3) is 7.82. The normalized spacial score (nSPS) is 21.0. The molecule has 16 heteroatoms. The number of carbonyl (C=O) groups is 5. The van der Waals surface area contributed by atoms with Crippen LogP contribution in [0.5, 0.6) is 5.75 Å². The highest BCUT2D eigenvalue weighted by Crippen LogP contribution is 2.33. The van der Waals surface area contributed by atoms with Crippen LogP contribution in [0.15, 0.2) is 38.3 Å². The Kier molecular flexibility index (Phi) is 10.5. The minimum atomic E-state index is -1.53. The number of fused-ring (bicyclic) bond motifs is 1. The number of hydrogen-bond donors (Lipinski definition) is 0. The second-order valence-corrected chi connectivity index (χ2v) is 10.3. The Labute approximate surface area is 259 Å². The van der Waals surface area contributed by atoms with Gasteiger partial charge in [0.25, 0.3) is 0 Å². The molecule has 0 aliphatic carbocycles. The molecule has 0 spiro atoms. The van der Waals surface area contributed by atoms with Crippen LogP contribution in [-0.4, -0.2) is 78.8 Å². The standard InChI is InChI=1S/C29H29NO14S/c1-6-37-28(36)25-22(19-11-45-12-30-19)23(35)18-8-7-17(9-20(18)43-25)42-29-27(41-16(5)34)26(40-15(4)33)24(39-14(3)32)21(44-29)10-38-13(2)31/h7-9,11-12,21,24,26-27,29H,6,10H2,1-5H3. The van der Waals surface area contributed by atoms with Crippen molar-refractivity contribution in [2.75, 3.05) is 13.2 Å². The van der Waals surface area contributed by atoms with E-state index in [2.05, 4.69) is 4.98 Å². The summed E-state index contributed by atoms with van der Waals surface area (Å²) < 4.78 is 44.2. The largest absolute Gasteiger partial charge is 0.463 e. The first-order valence-electron chi connectivity index (χ1n) is 13.5. The Balaban J connectivity index is 1.78. The first kappa shape index (κ1) is 33.1. The second-order valence-electron chi connectivity index (χ2n) is 9.57. The smallest absolute Gasteiger partial charge is 0.375 e. The van der Waals surface area contributed by atoms with Gasteiger partial charge in [-0.15, -0.1) is 11.3 Å². The topological polar surface area (TPSA) is 193 Å². The van der Waals surface area contributed by atoms with Gasteiger partial charge in [-0.1, -0.05) is 0 Å². The van der Waals surface area contributed by atoms with Gasteiger partial charge in [0.15, 0.2) is 12.2 Å². The molecule has 0 saturated carbocycles. The Morgan fingerprint density at radius 2 is 1.56 bits per heavy atom. The van der Waals surface area contributed by atoms with Crippen molar-refractivity contribution in [2.24, 2.45) is 0 Å². The maximum atomic E-state index is 13.5. The van der Waals surface area contributed by atoms with Crippen LogP contribution < -0.4 is 10.2 Å². The first-order valence-corrected chi connectivity index (χ1v) is 14.5. The number of aromatic nitrogens is 1. The minimum absolute atomic E-state index is 0.00256. The zero-order chi connectivity index (χ0) is 32.8. The molecule has 15 nitrogen and oxygen atoms in total. The summed E-state index contributed by atoms with van der Waals surface area (Å²) in [5, 5.41) is 1.67. The summed E-state index contributed by atoms with van der Waals surface area (Å²) in [6.07, 6.45) is -7.10. The third-order valence-corrected chi connectivity index (χ3v) is 6.80. The summed E-state index contributed by atoms with van der Waals surface area (Å²) in [5.74, 6) is -4.34. The third-order valence-electron chi connectivity index (χ3n) is 6.21. The van der Waals surface area contributed by atoms with Crippen molar-refractivity contribution < 1.29 is 61.5 Å². The number of thiazole rings is 1. The number of rotatable bonds is 10. The fourth-order valence-electron chi connectivity index (χ4n) is 4.57. The Hall–Kier alpha value is -4.83. The fourth-order valence-corrected chi connectivity index (χ4v) is 5.12. The molecular formula is C29H29NO14S. The first-order chi connectivity index (χ1) is 21.4. The van der Waals surface area contributed by atoms with Gasteiger partial charge >= 0.3 is 29.8 Å². The summed E-state index contributed by atoms with van der Waals surface area (Å²) in [7, 11) is 0. The van der Waals surface area contributed by atoms with Gasteiger partial charge in [-0.2, -0.15) is 0 Å². The van der Waals surface area contributed by atoms with Crippen molar-refractivity contribution in [3.05, 3.63) is 45.1 Å². The van der Waals surface area contributed by atoms with Crippen LogP contribution in [0, 0.1) is 0 Å². The van der Waals surface area contributed by atoms with Crippen LogP contribution in [0.3, 0.4) is 0 Å². The average Bonchev–Trinajstić information content (AvgIpc) is 3.49. The van der Waals surface area contributed by atoms with E-state index in [1.54, 1.807) is 12.3 Å². The molecule has 0 N–H and O–H groups in total. The molecule has 0 radical (unpaired) electrons. The van der Waals surface area contributed by atoms with E-state index in [4.69, 9.17) is 37.6 Å². The lowest BCUT2D eigenvalue weighted by molar-refractivity contribution is -0.288. The molecule has 5 unspecified atom stereocenters. The van der Waals surface area contributed by atoms with Crippen molar-refractivity contribution >= 4 is 52.2 Å². The zero-order valence-corrected chi connectivity index (χ0v) is 25.6. The molecule has 2 aromatic heterocycles. The van der Waals surface area contributed by atoms with E-state index >= 15 is 0 Å². The van der Waals surface area contributed by atoms with Gasteiger partial charge in [0, 0.05) is 39.1 Å². The van der Waals surface area contributed by atoms with Gasteiger partial charge in [-0.25, -0.2) is 9.78 Å². The van der Waals surface area contributed by atoms with Crippen molar-refractivity contribution in [3.63, 3.8) is 0 Å². The van der Waals surface area contributed by atoms with E-state index in [9.17, 15) is 28.8 Å². The highest BCUT2D eigenvalue weighted by Gasteiger charge is 2.53. The molecule has 4 rings (SSSR count). The van der Waals surface area contributed by atoms with Gasteiger partial charge in [-0.05, 0) is 19.1 Å². The van der Waals surface area contributed by atoms with Crippen LogP contribution in [0.1, 0.15) is 45.2 Å². The van der Waals surface area contributed by atoms with Crippen molar-refractivity contribution in [3.8, 4) is 17.0 Å². The van der Waals surface area contributed by atoms with E-state index in [1.165, 1.54) is 35.0 Å². The molecule has 1 aromatic carbocycles. The molecule has 3 aromatic rings. The molecule has 3 heterocycles. The molecule has 5 atom stereocenters. The zero-order valence-electron chi connectivity index (χ0n) is 24.8. The van der Waals surface area contributed by atoms with Crippen LogP contribution in [0.4, 0.5) is 0 Å². The van der Waals surface area contributed by atoms with E-state index in [1.807, 2.05) is 0 Å². The maximum absolute atomic E-state index is 13.5. The summed E-state index contributed by atoms with van der Waals surface area (Å²) in [5.41, 5.74) is 1.04. The summed E-state index contributed by atoms with van der Waals surface area (Å²) in [4.78, 5) is 78.2. The number of ether oxygens (including phenoxy) is 7. The van der Waals surface area contributed by atoms with Gasteiger partial charge in [0.2, 0.25) is 23.6 Å². The van der Waals surface area contributed by atoms with Gasteiger partial charge in [-0.3, -0.25) is 24.0 Å². The lowest BCUT2D eigenvalue weighted by Gasteiger charge is -2.43. The maximum Gasteiger partial charge on any atom is 0.375 e. The Bertz CT molecular complexity index is 1650. The quantitative estimate of drug-likeness (QED) is 0.230. The van der Waals surface area contributed by atoms with Crippen LogP contribution in [0.2, 0.25) is 0 Å². The molecule has 0 amide bonds. The van der Waals surface area contributed by atoms with Crippen molar-refractivity contribution in [2.45, 2.75) is 65.3 Å². The summed E-state index contributed by atoms with van der Waals surface area (Å²) in [6, 6.07) is 4.06. The SMILES string of the molecule is CCOC(=O)c1oc2cc(OC3OC(COC(C)=O)C(OC(C)=O)C(OC(C)=O)C3OC(C)=O)ccc2c(=O)c1-c1cscn1. The summed E-state index contributed by atoms with van der Waals surface area (Å²) >= 11 is 1.22. The summed E-state index contributed by atoms with van der Waals surface area (Å²) in [6.45, 7) is 5.60. The average molecular weight is 648 g/mol. The number of esters is 5. The molecule has 240 valence electrons. The number of nitrogens with zero attached hydrogens (tertiary/aromatic N) is 1. The number of benzene rings is 1. The predicted octanol–water partition coefficient (Wildman–Crippen LogP) is 2.56. The highest BCUT2D eigenvalue weighted by atomic mass is 32.1. The van der Waals surface area contributed by atoms with E-state index in [0.717, 1.165) is 27.7 Å². The molecule has 45 heavy (non-hydrogen) atoms. The minimum Gasteiger partial charge on any atom is -0.463 e. The lowest BCUT2D eigenvalue weighted by Crippen LogP contribution is -2.63. The molecule has 1 aliphatic rings. The van der Waals surface area contributed by atoms with Gasteiger partial charge < -0.3 is 37.6 Å². The van der Waals surface area contributed by atoms with Gasteiger partial charge in [0.1, 0.15) is 24.0 Å². The highest BCUT2D eigenvalue weighted by molar-refractivity contribution is 7.07. The number of hydrogen-bond acceptors (Lipinski definition) is 16. The molecular weight excluding hydrogens is 618 g/mol. The lowest BCUT2D eigenvalue weighted by atomic mass is 9.98. The predicted molar refractivity (Wildman–Crippen MR) is 152 cm³/mol. The van der Waals surface area contributed by atoms with Gasteiger partial charge in [0.05, 0.1) is 28.8 Å². The molecule has 1 saturated heterocycles. The Morgan fingerprint density at radius 1 is 0.889 bits per heavy atom. The molecule has 0 bridgehead atoms. The van der Waals surface area contributed by atoms with Crippen LogP contribution in [0.25, 0.3) is 22.2 Å². The fraction of sp³-hybridized carbons (Fsp3) is 0.414. The molecule has 1 aliphatic heterocycles. The van der Waals surface area contributed by atoms with Crippen LogP contribution in [-0.2, 0) is 47.6 Å². The number of carbonyl (C=O) groups excluding carboxylic acids is 5. The second kappa shape index (κ2) is 14.3. The van der Waals surface area contributed by atoms with E-state index < -0.39 is 72.6 Å². The van der Waals surface area contributed by atoms with Crippen molar-refractivity contribution in [1.82, 2.24) is 4.98 Å². The molecule has 1 fully saturated rings.